The summed E-state index contributed by atoms with van der Waals surface area (Å²) in [5, 5.41) is 3.87. The normalized spacial score (nSPS) is 11.9. The Morgan fingerprint density at radius 2 is 1.41 bits per heavy atom. The Morgan fingerprint density at radius 3 is 2.00 bits per heavy atom. The lowest BCUT2D eigenvalue weighted by Crippen LogP contribution is -2.53. The van der Waals surface area contributed by atoms with Crippen molar-refractivity contribution in [3.05, 3.63) is 128 Å². The molecule has 0 radical (unpaired) electrons. The van der Waals surface area contributed by atoms with E-state index in [1.54, 1.807) is 43.3 Å². The van der Waals surface area contributed by atoms with Crippen molar-refractivity contribution < 1.29 is 18.0 Å². The van der Waals surface area contributed by atoms with E-state index in [1.807, 2.05) is 30.3 Å². The van der Waals surface area contributed by atoms with Gasteiger partial charge in [0.25, 0.3) is 10.0 Å². The Bertz CT molecular complexity index is 1700. The molecule has 4 rings (SSSR count). The van der Waals surface area contributed by atoms with Gasteiger partial charge in [-0.3, -0.25) is 13.9 Å². The molecule has 0 fully saturated rings. The predicted molar refractivity (Wildman–Crippen MR) is 177 cm³/mol. The summed E-state index contributed by atoms with van der Waals surface area (Å²) in [7, 11) is -4.29. The van der Waals surface area contributed by atoms with Gasteiger partial charge in [0, 0.05) is 39.6 Å². The van der Waals surface area contributed by atoms with E-state index in [4.69, 9.17) is 46.4 Å². The van der Waals surface area contributed by atoms with Gasteiger partial charge in [-0.15, -0.1) is 0 Å². The van der Waals surface area contributed by atoms with Gasteiger partial charge in [0.05, 0.1) is 10.6 Å². The number of rotatable bonds is 12. The van der Waals surface area contributed by atoms with Gasteiger partial charge in [-0.25, -0.2) is 8.42 Å². The summed E-state index contributed by atoms with van der Waals surface area (Å²) >= 11 is 25.2. The van der Waals surface area contributed by atoms with Crippen LogP contribution >= 0.6 is 46.4 Å². The number of anilines is 1. The molecule has 2 amide bonds. The highest BCUT2D eigenvalue weighted by Gasteiger charge is 2.35. The lowest BCUT2D eigenvalue weighted by atomic mass is 10.0. The Kier molecular flexibility index (Phi) is 11.6. The van der Waals surface area contributed by atoms with Gasteiger partial charge in [0.2, 0.25) is 11.8 Å². The molecule has 4 aromatic rings. The van der Waals surface area contributed by atoms with Crippen LogP contribution in [0.3, 0.4) is 0 Å². The molecule has 0 aliphatic rings. The maximum absolute atomic E-state index is 14.4. The quantitative estimate of drug-likeness (QED) is 0.169. The highest BCUT2D eigenvalue weighted by molar-refractivity contribution is 7.92. The molecule has 7 nitrogen and oxygen atoms in total. The zero-order valence-electron chi connectivity index (χ0n) is 23.6. The molecule has 0 unspecified atom stereocenters. The molecule has 0 saturated carbocycles. The largest absolute Gasteiger partial charge is 0.355 e. The number of hydrogen-bond acceptors (Lipinski definition) is 4. The van der Waals surface area contributed by atoms with Crippen LogP contribution in [0.1, 0.15) is 18.1 Å². The van der Waals surface area contributed by atoms with E-state index in [-0.39, 0.29) is 33.6 Å². The minimum absolute atomic E-state index is 0.0410. The molecule has 0 aromatic heterocycles. The van der Waals surface area contributed by atoms with Crippen molar-refractivity contribution in [1.29, 1.82) is 0 Å². The van der Waals surface area contributed by atoms with Gasteiger partial charge in [0.15, 0.2) is 0 Å². The SMILES string of the molecule is CCNC(=O)[C@H](Cc1ccccc1)N(Cc1ccc(Cl)cc1Cl)C(=O)CN(c1cc(Cl)cc(Cl)c1)S(=O)(=O)c1ccccc1. The molecule has 0 aliphatic heterocycles. The van der Waals surface area contributed by atoms with Crippen molar-refractivity contribution in [2.75, 3.05) is 17.4 Å². The third-order valence-electron chi connectivity index (χ3n) is 6.72. The highest BCUT2D eigenvalue weighted by atomic mass is 35.5. The molecular formula is C32H29Cl4N3O4S. The molecule has 230 valence electrons. The summed E-state index contributed by atoms with van der Waals surface area (Å²) in [6, 6.07) is 25.0. The van der Waals surface area contributed by atoms with Crippen molar-refractivity contribution in [2.45, 2.75) is 30.8 Å². The van der Waals surface area contributed by atoms with Crippen LogP contribution in [-0.2, 0) is 32.6 Å². The summed E-state index contributed by atoms with van der Waals surface area (Å²) in [5.41, 5.74) is 1.41. The number of carbonyl (C=O) groups excluding carboxylic acids is 2. The van der Waals surface area contributed by atoms with Crippen LogP contribution in [-0.4, -0.2) is 44.3 Å². The smallest absolute Gasteiger partial charge is 0.264 e. The fourth-order valence-corrected chi connectivity index (χ4v) is 7.01. The van der Waals surface area contributed by atoms with Crippen molar-refractivity contribution in [2.24, 2.45) is 0 Å². The summed E-state index contributed by atoms with van der Waals surface area (Å²) < 4.78 is 29.0. The first-order valence-corrected chi connectivity index (χ1v) is 16.5. The predicted octanol–water partition coefficient (Wildman–Crippen LogP) is 7.27. The van der Waals surface area contributed by atoms with E-state index in [2.05, 4.69) is 5.32 Å². The molecule has 1 N–H and O–H groups in total. The van der Waals surface area contributed by atoms with Crippen LogP contribution in [0.15, 0.2) is 102 Å². The minimum Gasteiger partial charge on any atom is -0.355 e. The van der Waals surface area contributed by atoms with Gasteiger partial charge in [-0.1, -0.05) is 101 Å². The first-order valence-electron chi connectivity index (χ1n) is 13.6. The average molecular weight is 693 g/mol. The Hall–Kier alpha value is -3.27. The zero-order chi connectivity index (χ0) is 31.9. The second-order valence-electron chi connectivity index (χ2n) is 9.81. The molecule has 0 heterocycles. The van der Waals surface area contributed by atoms with E-state index in [0.717, 1.165) is 9.87 Å². The van der Waals surface area contributed by atoms with E-state index in [0.29, 0.717) is 22.2 Å². The molecule has 0 bridgehead atoms. The molecule has 44 heavy (non-hydrogen) atoms. The molecule has 1 atom stereocenters. The zero-order valence-corrected chi connectivity index (χ0v) is 27.4. The van der Waals surface area contributed by atoms with Crippen LogP contribution in [0.25, 0.3) is 0 Å². The fraction of sp³-hybridized carbons (Fsp3) is 0.188. The Morgan fingerprint density at radius 1 is 0.795 bits per heavy atom. The lowest BCUT2D eigenvalue weighted by Gasteiger charge is -2.34. The molecular weight excluding hydrogens is 664 g/mol. The third kappa shape index (κ3) is 8.46. The van der Waals surface area contributed by atoms with Gasteiger partial charge in [-0.05, 0) is 60.5 Å². The van der Waals surface area contributed by atoms with E-state index < -0.39 is 34.4 Å². The number of likely N-dealkylation sites (N-methyl/N-ethyl adjacent to an activating group) is 1. The number of amides is 2. The van der Waals surface area contributed by atoms with E-state index in [1.165, 1.54) is 35.2 Å². The van der Waals surface area contributed by atoms with Crippen LogP contribution in [0.4, 0.5) is 5.69 Å². The number of halogens is 4. The molecule has 0 aliphatic carbocycles. The topological polar surface area (TPSA) is 86.8 Å². The van der Waals surface area contributed by atoms with Gasteiger partial charge >= 0.3 is 0 Å². The number of sulfonamides is 1. The maximum Gasteiger partial charge on any atom is 0.264 e. The van der Waals surface area contributed by atoms with Crippen molar-refractivity contribution >= 4 is 73.9 Å². The Balaban J connectivity index is 1.83. The number of carbonyl (C=O) groups is 2. The minimum atomic E-state index is -4.29. The van der Waals surface area contributed by atoms with Crippen molar-refractivity contribution in [1.82, 2.24) is 10.2 Å². The van der Waals surface area contributed by atoms with Crippen LogP contribution in [0, 0.1) is 0 Å². The van der Waals surface area contributed by atoms with Crippen LogP contribution in [0.5, 0.6) is 0 Å². The second-order valence-corrected chi connectivity index (χ2v) is 13.4. The average Bonchev–Trinajstić information content (AvgIpc) is 2.99. The number of nitrogens with zero attached hydrogens (tertiary/aromatic N) is 2. The first kappa shape index (κ1) is 33.6. The first-order chi connectivity index (χ1) is 21.0. The monoisotopic (exact) mass is 691 g/mol. The molecule has 4 aromatic carbocycles. The Labute approximate surface area is 277 Å². The maximum atomic E-state index is 14.4. The van der Waals surface area contributed by atoms with E-state index in [9.17, 15) is 18.0 Å². The summed E-state index contributed by atoms with van der Waals surface area (Å²) in [4.78, 5) is 29.3. The number of hydrogen-bond donors (Lipinski definition) is 1. The third-order valence-corrected chi connectivity index (χ3v) is 9.53. The van der Waals surface area contributed by atoms with Crippen LogP contribution < -0.4 is 9.62 Å². The summed E-state index contributed by atoms with van der Waals surface area (Å²) in [6.07, 6.45) is 0.165. The molecule has 0 spiro atoms. The van der Waals surface area contributed by atoms with Gasteiger partial charge in [-0.2, -0.15) is 0 Å². The lowest BCUT2D eigenvalue weighted by molar-refractivity contribution is -0.140. The standard InChI is InChI=1S/C32H29Cl4N3O4S/c1-2-37-32(41)30(15-22-9-5-3-6-10-22)38(20-23-13-14-24(33)19-29(23)36)31(40)21-39(27-17-25(34)16-26(35)18-27)44(42,43)28-11-7-4-8-12-28/h3-14,16-19,30H,2,15,20-21H2,1H3,(H,37,41)/t30-/m0/s1. The fourth-order valence-electron chi connectivity index (χ4n) is 4.61. The molecule has 0 saturated heterocycles. The van der Waals surface area contributed by atoms with Crippen LogP contribution in [0.2, 0.25) is 20.1 Å². The highest BCUT2D eigenvalue weighted by Crippen LogP contribution is 2.31. The number of nitrogens with one attached hydrogen (secondary N) is 1. The summed E-state index contributed by atoms with van der Waals surface area (Å²) in [5.74, 6) is -1.06. The molecule has 12 heteroatoms. The van der Waals surface area contributed by atoms with Crippen molar-refractivity contribution in [3.63, 3.8) is 0 Å². The summed E-state index contributed by atoms with van der Waals surface area (Å²) in [6.45, 7) is 1.34. The van der Waals surface area contributed by atoms with E-state index >= 15 is 0 Å². The van der Waals surface area contributed by atoms with Crippen molar-refractivity contribution in [3.8, 4) is 0 Å². The second kappa shape index (κ2) is 15.1. The van der Waals surface area contributed by atoms with Gasteiger partial charge < -0.3 is 10.2 Å². The van der Waals surface area contributed by atoms with Gasteiger partial charge in [0.1, 0.15) is 12.6 Å². The number of benzene rings is 4.